The summed E-state index contributed by atoms with van der Waals surface area (Å²) in [6.45, 7) is 6.03. The first-order valence-electron chi connectivity index (χ1n) is 7.94. The predicted molar refractivity (Wildman–Crippen MR) is 83.6 cm³/mol. The Kier molecular flexibility index (Phi) is 4.17. The van der Waals surface area contributed by atoms with E-state index < -0.39 is 17.9 Å². The maximum absolute atomic E-state index is 12.9. The van der Waals surface area contributed by atoms with Crippen molar-refractivity contribution in [1.82, 2.24) is 9.88 Å². The number of carboxylic acid groups (broad SMARTS) is 1. The van der Waals surface area contributed by atoms with Crippen LogP contribution in [0.1, 0.15) is 53.4 Å². The molecule has 2 aromatic rings. The molecule has 0 bridgehead atoms. The van der Waals surface area contributed by atoms with Gasteiger partial charge in [0, 0.05) is 24.9 Å². The number of aromatic nitrogens is 1. The summed E-state index contributed by atoms with van der Waals surface area (Å²) in [7, 11) is 0. The molecule has 24 heavy (non-hydrogen) atoms. The molecule has 1 N–H and O–H groups in total. The van der Waals surface area contributed by atoms with Crippen LogP contribution >= 0.6 is 0 Å². The first-order valence-corrected chi connectivity index (χ1v) is 7.94. The first kappa shape index (κ1) is 16.3. The molecule has 1 unspecified atom stereocenters. The van der Waals surface area contributed by atoms with Gasteiger partial charge >= 0.3 is 5.97 Å². The van der Waals surface area contributed by atoms with Gasteiger partial charge in [0.1, 0.15) is 5.76 Å². The average molecular weight is 332 g/mol. The van der Waals surface area contributed by atoms with Gasteiger partial charge in [0.15, 0.2) is 11.9 Å². The van der Waals surface area contributed by atoms with E-state index in [4.69, 9.17) is 8.83 Å². The molecule has 1 amide bonds. The van der Waals surface area contributed by atoms with Crippen LogP contribution in [-0.2, 0) is 17.6 Å². The second-order valence-electron chi connectivity index (χ2n) is 6.41. The standard InChI is InChI=1S/C17H20N2O5/c1-9(2)8-13-18-10(3)15(24-13)16(20)19-6-4-12-11(5-7-23-12)14(19)17(21)22/h5,7,9,14H,4,6,8H2,1-3H3,(H,21,22). The molecule has 0 spiro atoms. The van der Waals surface area contributed by atoms with Gasteiger partial charge in [-0.25, -0.2) is 9.78 Å². The Balaban J connectivity index is 1.92. The summed E-state index contributed by atoms with van der Waals surface area (Å²) in [6.07, 6.45) is 2.56. The summed E-state index contributed by atoms with van der Waals surface area (Å²) in [5.41, 5.74) is 0.999. The molecule has 1 atom stereocenters. The molecule has 0 saturated heterocycles. The summed E-state index contributed by atoms with van der Waals surface area (Å²) in [5, 5.41) is 9.58. The number of amides is 1. The van der Waals surface area contributed by atoms with Crippen LogP contribution < -0.4 is 0 Å². The van der Waals surface area contributed by atoms with Crippen molar-refractivity contribution in [3.05, 3.63) is 41.0 Å². The number of hydrogen-bond donors (Lipinski definition) is 1. The van der Waals surface area contributed by atoms with Crippen LogP contribution in [0.3, 0.4) is 0 Å². The summed E-state index contributed by atoms with van der Waals surface area (Å²) >= 11 is 0. The third-order valence-electron chi connectivity index (χ3n) is 4.08. The van der Waals surface area contributed by atoms with E-state index in [1.54, 1.807) is 13.0 Å². The van der Waals surface area contributed by atoms with Crippen molar-refractivity contribution in [2.45, 2.75) is 39.7 Å². The van der Waals surface area contributed by atoms with Gasteiger partial charge in [-0.3, -0.25) is 4.79 Å². The lowest BCUT2D eigenvalue weighted by molar-refractivity contribution is -0.143. The minimum Gasteiger partial charge on any atom is -0.479 e. The lowest BCUT2D eigenvalue weighted by Gasteiger charge is -2.31. The Morgan fingerprint density at radius 1 is 1.46 bits per heavy atom. The fourth-order valence-corrected chi connectivity index (χ4v) is 3.02. The number of hydrogen-bond acceptors (Lipinski definition) is 5. The molecule has 7 heteroatoms. The molecule has 2 aromatic heterocycles. The number of aliphatic carboxylic acids is 1. The molecule has 0 fully saturated rings. The Labute approximate surface area is 139 Å². The average Bonchev–Trinajstić information content (AvgIpc) is 3.10. The Bertz CT molecular complexity index is 774. The Hall–Kier alpha value is -2.57. The number of rotatable bonds is 4. The normalized spacial score (nSPS) is 17.2. The third kappa shape index (κ3) is 2.81. The lowest BCUT2D eigenvalue weighted by Crippen LogP contribution is -2.43. The maximum Gasteiger partial charge on any atom is 0.331 e. The second kappa shape index (κ2) is 6.14. The molecule has 1 aliphatic heterocycles. The van der Waals surface area contributed by atoms with Gasteiger partial charge in [-0.05, 0) is 18.9 Å². The largest absolute Gasteiger partial charge is 0.479 e. The van der Waals surface area contributed by atoms with Crippen molar-refractivity contribution in [2.24, 2.45) is 5.92 Å². The smallest absolute Gasteiger partial charge is 0.331 e. The molecule has 3 rings (SSSR count). The maximum atomic E-state index is 12.9. The highest BCUT2D eigenvalue weighted by Crippen LogP contribution is 2.32. The predicted octanol–water partition coefficient (Wildman–Crippen LogP) is 2.60. The number of carbonyl (C=O) groups excluding carboxylic acids is 1. The molecular formula is C17H20N2O5. The van der Waals surface area contributed by atoms with Gasteiger partial charge in [-0.2, -0.15) is 0 Å². The number of carbonyl (C=O) groups is 2. The van der Waals surface area contributed by atoms with Crippen LogP contribution in [0.4, 0.5) is 0 Å². The second-order valence-corrected chi connectivity index (χ2v) is 6.41. The molecule has 0 radical (unpaired) electrons. The molecule has 128 valence electrons. The van der Waals surface area contributed by atoms with Crippen LogP contribution in [0.15, 0.2) is 21.2 Å². The van der Waals surface area contributed by atoms with Gasteiger partial charge in [-0.15, -0.1) is 0 Å². The topological polar surface area (TPSA) is 96.8 Å². The van der Waals surface area contributed by atoms with Crippen LogP contribution in [0.5, 0.6) is 0 Å². The number of aryl methyl sites for hydroxylation is 1. The number of oxazole rings is 1. The highest BCUT2D eigenvalue weighted by atomic mass is 16.4. The van der Waals surface area contributed by atoms with Gasteiger partial charge in [0.25, 0.3) is 5.91 Å². The highest BCUT2D eigenvalue weighted by Gasteiger charge is 2.39. The number of fused-ring (bicyclic) bond motifs is 1. The van der Waals surface area contributed by atoms with E-state index in [-0.39, 0.29) is 12.3 Å². The van der Waals surface area contributed by atoms with Crippen molar-refractivity contribution < 1.29 is 23.5 Å². The summed E-state index contributed by atoms with van der Waals surface area (Å²) in [6, 6.07) is 0.531. The number of nitrogens with zero attached hydrogens (tertiary/aromatic N) is 2. The van der Waals surface area contributed by atoms with Crippen molar-refractivity contribution in [3.63, 3.8) is 0 Å². The molecule has 3 heterocycles. The van der Waals surface area contributed by atoms with Crippen LogP contribution in [0, 0.1) is 12.8 Å². The minimum atomic E-state index is -1.09. The van der Waals surface area contributed by atoms with Gasteiger partial charge in [-0.1, -0.05) is 13.8 Å². The third-order valence-corrected chi connectivity index (χ3v) is 4.08. The molecule has 0 saturated carbocycles. The zero-order valence-corrected chi connectivity index (χ0v) is 13.9. The van der Waals surface area contributed by atoms with Gasteiger partial charge in [0.2, 0.25) is 5.76 Å². The van der Waals surface area contributed by atoms with Crippen molar-refractivity contribution in [2.75, 3.05) is 6.54 Å². The monoisotopic (exact) mass is 332 g/mol. The summed E-state index contributed by atoms with van der Waals surface area (Å²) in [5.74, 6) is 0.0320. The zero-order chi connectivity index (χ0) is 17.4. The van der Waals surface area contributed by atoms with Crippen molar-refractivity contribution in [1.29, 1.82) is 0 Å². The summed E-state index contributed by atoms with van der Waals surface area (Å²) < 4.78 is 10.9. The van der Waals surface area contributed by atoms with E-state index in [2.05, 4.69) is 4.98 Å². The quantitative estimate of drug-likeness (QED) is 0.924. The molecule has 7 nitrogen and oxygen atoms in total. The summed E-state index contributed by atoms with van der Waals surface area (Å²) in [4.78, 5) is 30.2. The van der Waals surface area contributed by atoms with E-state index in [9.17, 15) is 14.7 Å². The van der Waals surface area contributed by atoms with Crippen LogP contribution in [0.2, 0.25) is 0 Å². The molecule has 0 aliphatic carbocycles. The fraction of sp³-hybridized carbons (Fsp3) is 0.471. The van der Waals surface area contributed by atoms with E-state index in [0.717, 1.165) is 0 Å². The van der Waals surface area contributed by atoms with E-state index in [1.165, 1.54) is 11.2 Å². The van der Waals surface area contributed by atoms with Crippen LogP contribution in [0.25, 0.3) is 0 Å². The SMILES string of the molecule is Cc1nc(CC(C)C)oc1C(=O)N1CCc2occc2C1C(=O)O. The van der Waals surface area contributed by atoms with Gasteiger partial charge < -0.3 is 18.8 Å². The zero-order valence-electron chi connectivity index (χ0n) is 13.9. The minimum absolute atomic E-state index is 0.115. The molecule has 1 aliphatic rings. The fourth-order valence-electron chi connectivity index (χ4n) is 3.02. The molecule has 0 aromatic carbocycles. The van der Waals surface area contributed by atoms with E-state index >= 15 is 0 Å². The Morgan fingerprint density at radius 3 is 2.88 bits per heavy atom. The van der Waals surface area contributed by atoms with E-state index in [0.29, 0.717) is 41.7 Å². The van der Waals surface area contributed by atoms with E-state index in [1.807, 2.05) is 13.8 Å². The lowest BCUT2D eigenvalue weighted by atomic mass is 9.99. The van der Waals surface area contributed by atoms with Gasteiger partial charge in [0.05, 0.1) is 12.0 Å². The van der Waals surface area contributed by atoms with Crippen LogP contribution in [-0.4, -0.2) is 33.4 Å². The van der Waals surface area contributed by atoms with Crippen molar-refractivity contribution >= 4 is 11.9 Å². The number of furan rings is 1. The van der Waals surface area contributed by atoms with Crippen molar-refractivity contribution in [3.8, 4) is 0 Å². The molecular weight excluding hydrogens is 312 g/mol. The first-order chi connectivity index (χ1) is 11.4. The number of carboxylic acids is 1. The Morgan fingerprint density at radius 2 is 2.21 bits per heavy atom. The highest BCUT2D eigenvalue weighted by molar-refractivity contribution is 5.95.